The number of benzene rings is 3. The SMILES string of the molecule is O=C(/C=C/c1ccc(Br)cc1)Nn1c(-c2ccc(F)cc2)nc2ccccc2c1=O. The zero-order chi connectivity index (χ0) is 21.1. The van der Waals surface area contributed by atoms with Gasteiger partial charge in [-0.25, -0.2) is 9.37 Å². The molecule has 0 aliphatic rings. The quantitative estimate of drug-likeness (QED) is 0.444. The molecule has 3 aromatic carbocycles. The molecule has 1 amide bonds. The number of fused-ring (bicyclic) bond motifs is 1. The zero-order valence-electron chi connectivity index (χ0n) is 15.5. The number of aromatic nitrogens is 2. The molecule has 0 aliphatic carbocycles. The summed E-state index contributed by atoms with van der Waals surface area (Å²) in [7, 11) is 0. The second-order valence-electron chi connectivity index (χ2n) is 6.46. The van der Waals surface area contributed by atoms with Gasteiger partial charge < -0.3 is 0 Å². The number of carbonyl (C=O) groups is 1. The van der Waals surface area contributed by atoms with Gasteiger partial charge >= 0.3 is 0 Å². The van der Waals surface area contributed by atoms with E-state index in [1.807, 2.05) is 24.3 Å². The molecule has 0 aliphatic heterocycles. The van der Waals surface area contributed by atoms with E-state index in [0.29, 0.717) is 16.5 Å². The van der Waals surface area contributed by atoms with Crippen LogP contribution in [0.3, 0.4) is 0 Å². The van der Waals surface area contributed by atoms with Gasteiger partial charge in [0.25, 0.3) is 11.5 Å². The highest BCUT2D eigenvalue weighted by molar-refractivity contribution is 9.10. The van der Waals surface area contributed by atoms with Crippen molar-refractivity contribution in [2.45, 2.75) is 0 Å². The van der Waals surface area contributed by atoms with Crippen LogP contribution in [0.25, 0.3) is 28.4 Å². The smallest absolute Gasteiger partial charge is 0.268 e. The Balaban J connectivity index is 1.74. The molecule has 7 heteroatoms. The van der Waals surface area contributed by atoms with Crippen LogP contribution in [0.1, 0.15) is 5.56 Å². The van der Waals surface area contributed by atoms with Gasteiger partial charge in [0.2, 0.25) is 0 Å². The van der Waals surface area contributed by atoms with E-state index >= 15 is 0 Å². The third-order valence-electron chi connectivity index (χ3n) is 4.40. The first-order valence-corrected chi connectivity index (χ1v) is 9.83. The summed E-state index contributed by atoms with van der Waals surface area (Å²) >= 11 is 3.36. The van der Waals surface area contributed by atoms with Gasteiger partial charge in [0.15, 0.2) is 5.82 Å². The van der Waals surface area contributed by atoms with Crippen molar-refractivity contribution >= 4 is 38.8 Å². The van der Waals surface area contributed by atoms with Gasteiger partial charge in [-0.1, -0.05) is 40.2 Å². The zero-order valence-corrected chi connectivity index (χ0v) is 17.1. The van der Waals surface area contributed by atoms with Gasteiger partial charge in [-0.15, -0.1) is 0 Å². The number of hydrogen-bond acceptors (Lipinski definition) is 3. The highest BCUT2D eigenvalue weighted by Gasteiger charge is 2.14. The number of rotatable bonds is 4. The van der Waals surface area contributed by atoms with Crippen LogP contribution in [0.4, 0.5) is 4.39 Å². The minimum Gasteiger partial charge on any atom is -0.268 e. The van der Waals surface area contributed by atoms with Gasteiger partial charge in [-0.05, 0) is 60.2 Å². The van der Waals surface area contributed by atoms with Crippen molar-refractivity contribution in [2.24, 2.45) is 0 Å². The fraction of sp³-hybridized carbons (Fsp3) is 0. The van der Waals surface area contributed by atoms with Crippen LogP contribution >= 0.6 is 15.9 Å². The summed E-state index contributed by atoms with van der Waals surface area (Å²) < 4.78 is 15.4. The standard InChI is InChI=1S/C23H15BrFN3O2/c24-17-10-5-15(6-11-17)7-14-21(29)27-28-22(16-8-12-18(25)13-9-16)26-20-4-2-1-3-19(20)23(28)30/h1-14H,(H,27,29)/b14-7+. The van der Waals surface area contributed by atoms with Crippen LogP contribution in [0.15, 0.2) is 88.1 Å². The Bertz CT molecular complexity index is 1310. The minimum atomic E-state index is -0.500. The molecule has 5 nitrogen and oxygen atoms in total. The topological polar surface area (TPSA) is 64.0 Å². The third kappa shape index (κ3) is 4.21. The monoisotopic (exact) mass is 463 g/mol. The Morgan fingerprint density at radius 1 is 1.00 bits per heavy atom. The maximum Gasteiger partial charge on any atom is 0.280 e. The first kappa shape index (κ1) is 19.7. The first-order chi connectivity index (χ1) is 14.5. The van der Waals surface area contributed by atoms with Gasteiger partial charge in [-0.2, -0.15) is 4.68 Å². The average Bonchev–Trinajstić information content (AvgIpc) is 2.76. The lowest BCUT2D eigenvalue weighted by Gasteiger charge is -2.13. The summed E-state index contributed by atoms with van der Waals surface area (Å²) in [6, 6.07) is 19.8. The second-order valence-corrected chi connectivity index (χ2v) is 7.38. The molecule has 0 atom stereocenters. The number of hydrogen-bond donors (Lipinski definition) is 1. The average molecular weight is 464 g/mol. The van der Waals surface area contributed by atoms with Crippen molar-refractivity contribution in [3.05, 3.63) is 105 Å². The van der Waals surface area contributed by atoms with E-state index in [2.05, 4.69) is 26.3 Å². The molecule has 1 heterocycles. The van der Waals surface area contributed by atoms with Crippen LogP contribution < -0.4 is 11.0 Å². The van der Waals surface area contributed by atoms with E-state index in [1.165, 1.54) is 30.3 Å². The third-order valence-corrected chi connectivity index (χ3v) is 4.93. The second kappa shape index (κ2) is 8.42. The molecule has 148 valence electrons. The maximum absolute atomic E-state index is 13.4. The Hall–Kier alpha value is -3.58. The normalized spacial score (nSPS) is 11.1. The van der Waals surface area contributed by atoms with E-state index in [0.717, 1.165) is 14.7 Å². The summed E-state index contributed by atoms with van der Waals surface area (Å²) in [5, 5.41) is 0.362. The van der Waals surface area contributed by atoms with Crippen LogP contribution in [0.2, 0.25) is 0 Å². The Morgan fingerprint density at radius 2 is 1.70 bits per heavy atom. The molecule has 0 unspecified atom stereocenters. The predicted molar refractivity (Wildman–Crippen MR) is 119 cm³/mol. The van der Waals surface area contributed by atoms with Gasteiger partial charge in [0, 0.05) is 16.1 Å². The predicted octanol–water partition coefficient (Wildman–Crippen LogP) is 4.75. The molecule has 0 fully saturated rings. The lowest BCUT2D eigenvalue weighted by molar-refractivity contribution is -0.112. The number of amides is 1. The number of nitrogens with zero attached hydrogens (tertiary/aromatic N) is 2. The Kier molecular flexibility index (Phi) is 5.54. The Labute approximate surface area is 179 Å². The Morgan fingerprint density at radius 3 is 2.43 bits per heavy atom. The van der Waals surface area contributed by atoms with Crippen LogP contribution in [-0.2, 0) is 4.79 Å². The molecule has 0 radical (unpaired) electrons. The van der Waals surface area contributed by atoms with E-state index in [1.54, 1.807) is 30.3 Å². The number of nitrogens with one attached hydrogen (secondary N) is 1. The van der Waals surface area contributed by atoms with Crippen molar-refractivity contribution in [1.82, 2.24) is 9.66 Å². The number of halogens is 2. The lowest BCUT2D eigenvalue weighted by atomic mass is 10.2. The fourth-order valence-corrected chi connectivity index (χ4v) is 3.19. The van der Waals surface area contributed by atoms with E-state index in [4.69, 9.17) is 0 Å². The first-order valence-electron chi connectivity index (χ1n) is 9.04. The molecule has 1 aromatic heterocycles. The van der Waals surface area contributed by atoms with Crippen molar-refractivity contribution < 1.29 is 9.18 Å². The molecule has 0 saturated carbocycles. The molecular weight excluding hydrogens is 449 g/mol. The van der Waals surface area contributed by atoms with Crippen LogP contribution in [0, 0.1) is 5.82 Å². The number of carbonyl (C=O) groups excluding carboxylic acids is 1. The lowest BCUT2D eigenvalue weighted by Crippen LogP contribution is -2.34. The van der Waals surface area contributed by atoms with Crippen molar-refractivity contribution in [2.75, 3.05) is 5.43 Å². The molecule has 1 N–H and O–H groups in total. The molecule has 0 saturated heterocycles. The van der Waals surface area contributed by atoms with E-state index in [-0.39, 0.29) is 5.82 Å². The summed E-state index contributed by atoms with van der Waals surface area (Å²) in [4.78, 5) is 30.1. The molecule has 4 rings (SSSR count). The van der Waals surface area contributed by atoms with Gasteiger partial charge in [-0.3, -0.25) is 15.0 Å². The number of para-hydroxylation sites is 1. The largest absolute Gasteiger partial charge is 0.280 e. The highest BCUT2D eigenvalue weighted by Crippen LogP contribution is 2.19. The minimum absolute atomic E-state index is 0.212. The van der Waals surface area contributed by atoms with Crippen molar-refractivity contribution in [3.63, 3.8) is 0 Å². The van der Waals surface area contributed by atoms with E-state index in [9.17, 15) is 14.0 Å². The molecule has 30 heavy (non-hydrogen) atoms. The summed E-state index contributed by atoms with van der Waals surface area (Å²) in [5.74, 6) is -0.695. The van der Waals surface area contributed by atoms with Crippen LogP contribution in [-0.4, -0.2) is 15.6 Å². The van der Waals surface area contributed by atoms with Gasteiger partial charge in [0.1, 0.15) is 5.82 Å². The van der Waals surface area contributed by atoms with Crippen LogP contribution in [0.5, 0.6) is 0 Å². The van der Waals surface area contributed by atoms with Gasteiger partial charge in [0.05, 0.1) is 10.9 Å². The molecule has 0 bridgehead atoms. The highest BCUT2D eigenvalue weighted by atomic mass is 79.9. The fourth-order valence-electron chi connectivity index (χ4n) is 2.92. The van der Waals surface area contributed by atoms with E-state index < -0.39 is 17.3 Å². The summed E-state index contributed by atoms with van der Waals surface area (Å²) in [6.45, 7) is 0. The van der Waals surface area contributed by atoms with Crippen molar-refractivity contribution in [1.29, 1.82) is 0 Å². The maximum atomic E-state index is 13.4. The molecule has 0 spiro atoms. The summed E-state index contributed by atoms with van der Waals surface area (Å²) in [6.07, 6.45) is 2.97. The van der Waals surface area contributed by atoms with Crippen molar-refractivity contribution in [3.8, 4) is 11.4 Å². The summed E-state index contributed by atoms with van der Waals surface area (Å²) in [5.41, 5.74) is 3.96. The molecular formula is C23H15BrFN3O2. The molecule has 4 aromatic rings.